The number of aromatic amines is 1. The van der Waals surface area contributed by atoms with Gasteiger partial charge in [0.2, 0.25) is 0 Å². The third kappa shape index (κ3) is 1.71. The molecule has 0 aromatic carbocycles. The van der Waals surface area contributed by atoms with Gasteiger partial charge in [-0.1, -0.05) is 0 Å². The number of hydrogen-bond donors (Lipinski definition) is 3. The highest BCUT2D eigenvalue weighted by atomic mass is 16.3. The minimum Gasteiger partial charge on any atom is -0.385 e. The minimum absolute atomic E-state index is 0.520. The maximum absolute atomic E-state index is 9.68. The van der Waals surface area contributed by atoms with Crippen LogP contribution in [0.4, 0.5) is 0 Å². The molecule has 5 nitrogen and oxygen atoms in total. The lowest BCUT2D eigenvalue weighted by Crippen LogP contribution is -2.18. The van der Waals surface area contributed by atoms with E-state index >= 15 is 0 Å². The second-order valence-electron chi connectivity index (χ2n) is 3.44. The van der Waals surface area contributed by atoms with Gasteiger partial charge in [0.1, 0.15) is 11.8 Å². The van der Waals surface area contributed by atoms with Crippen LogP contribution in [0.5, 0.6) is 0 Å². The summed E-state index contributed by atoms with van der Waals surface area (Å²) in [6, 6.07) is 0. The van der Waals surface area contributed by atoms with E-state index in [-0.39, 0.29) is 0 Å². The van der Waals surface area contributed by atoms with Crippen LogP contribution in [0.15, 0.2) is 0 Å². The summed E-state index contributed by atoms with van der Waals surface area (Å²) in [4.78, 5) is 0. The van der Waals surface area contributed by atoms with Crippen molar-refractivity contribution in [2.75, 3.05) is 13.6 Å². The molecule has 3 N–H and O–H groups in total. The van der Waals surface area contributed by atoms with Crippen molar-refractivity contribution < 1.29 is 5.11 Å². The first-order valence-corrected chi connectivity index (χ1v) is 4.56. The van der Waals surface area contributed by atoms with Crippen LogP contribution in [-0.2, 0) is 0 Å². The van der Waals surface area contributed by atoms with Crippen LogP contribution in [0, 0.1) is 0 Å². The van der Waals surface area contributed by atoms with Gasteiger partial charge in [-0.15, -0.1) is 0 Å². The van der Waals surface area contributed by atoms with Gasteiger partial charge < -0.3 is 10.4 Å². The molecule has 1 atom stereocenters. The Hall–Kier alpha value is -0.940. The quantitative estimate of drug-likeness (QED) is 0.609. The van der Waals surface area contributed by atoms with Gasteiger partial charge in [0.15, 0.2) is 0 Å². The lowest BCUT2D eigenvalue weighted by atomic mass is 10.1. The first-order valence-electron chi connectivity index (χ1n) is 4.56. The normalized spacial score (nSPS) is 18.9. The molecule has 0 aliphatic heterocycles. The maximum atomic E-state index is 9.68. The van der Waals surface area contributed by atoms with E-state index in [0.717, 1.165) is 5.69 Å². The molecule has 1 fully saturated rings. The zero-order chi connectivity index (χ0) is 9.26. The summed E-state index contributed by atoms with van der Waals surface area (Å²) >= 11 is 0. The van der Waals surface area contributed by atoms with Crippen molar-refractivity contribution in [2.45, 2.75) is 24.9 Å². The third-order valence-corrected chi connectivity index (χ3v) is 2.28. The molecule has 1 saturated carbocycles. The van der Waals surface area contributed by atoms with Crippen LogP contribution in [0.3, 0.4) is 0 Å². The fourth-order valence-electron chi connectivity index (χ4n) is 1.44. The van der Waals surface area contributed by atoms with Crippen LogP contribution in [0.1, 0.15) is 36.3 Å². The van der Waals surface area contributed by atoms with E-state index in [4.69, 9.17) is 0 Å². The topological polar surface area (TPSA) is 73.8 Å². The van der Waals surface area contributed by atoms with Crippen molar-refractivity contribution in [3.8, 4) is 0 Å². The Labute approximate surface area is 76.5 Å². The summed E-state index contributed by atoms with van der Waals surface area (Å²) in [7, 11) is 1.81. The number of aliphatic hydroxyl groups excluding tert-OH is 1. The number of rotatable bonds is 4. The smallest absolute Gasteiger partial charge is 0.116 e. The van der Waals surface area contributed by atoms with Gasteiger partial charge in [0.05, 0.1) is 5.69 Å². The van der Waals surface area contributed by atoms with E-state index in [9.17, 15) is 5.11 Å². The van der Waals surface area contributed by atoms with Crippen molar-refractivity contribution in [3.05, 3.63) is 11.4 Å². The first-order chi connectivity index (χ1) is 6.33. The standard InChI is InChI=1S/C8H14N4O/c1-9-4-6(13)8-7(5-2-3-5)10-12-11-8/h5-6,9,13H,2-4H2,1H3,(H,10,11,12). The second kappa shape index (κ2) is 3.43. The number of hydrogen-bond acceptors (Lipinski definition) is 4. The number of nitrogens with one attached hydrogen (secondary N) is 2. The van der Waals surface area contributed by atoms with E-state index < -0.39 is 6.10 Å². The molecular formula is C8H14N4O. The van der Waals surface area contributed by atoms with Gasteiger partial charge in [0.25, 0.3) is 0 Å². The summed E-state index contributed by atoms with van der Waals surface area (Å²) in [5, 5.41) is 23.2. The largest absolute Gasteiger partial charge is 0.385 e. The summed E-state index contributed by atoms with van der Waals surface area (Å²) in [5.41, 5.74) is 1.65. The highest BCUT2D eigenvalue weighted by Crippen LogP contribution is 2.40. The van der Waals surface area contributed by atoms with Crippen molar-refractivity contribution in [3.63, 3.8) is 0 Å². The van der Waals surface area contributed by atoms with Crippen LogP contribution in [-0.4, -0.2) is 34.1 Å². The van der Waals surface area contributed by atoms with E-state index in [2.05, 4.69) is 20.7 Å². The van der Waals surface area contributed by atoms with Crippen molar-refractivity contribution >= 4 is 0 Å². The summed E-state index contributed by atoms with van der Waals surface area (Å²) < 4.78 is 0. The minimum atomic E-state index is -0.542. The Morgan fingerprint density at radius 2 is 2.38 bits per heavy atom. The van der Waals surface area contributed by atoms with Gasteiger partial charge in [-0.2, -0.15) is 15.4 Å². The number of likely N-dealkylation sites (N-methyl/N-ethyl adjacent to an activating group) is 1. The fraction of sp³-hybridized carbons (Fsp3) is 0.750. The van der Waals surface area contributed by atoms with Gasteiger partial charge in [-0.05, 0) is 19.9 Å². The highest BCUT2D eigenvalue weighted by Gasteiger charge is 2.31. The van der Waals surface area contributed by atoms with Crippen molar-refractivity contribution in [1.29, 1.82) is 0 Å². The zero-order valence-electron chi connectivity index (χ0n) is 7.62. The van der Waals surface area contributed by atoms with E-state index in [0.29, 0.717) is 18.2 Å². The third-order valence-electron chi connectivity index (χ3n) is 2.28. The van der Waals surface area contributed by atoms with Crippen LogP contribution in [0.2, 0.25) is 0 Å². The Kier molecular flexibility index (Phi) is 2.28. The van der Waals surface area contributed by atoms with Gasteiger partial charge in [-0.25, -0.2) is 0 Å². The molecule has 1 aromatic rings. The fourth-order valence-corrected chi connectivity index (χ4v) is 1.44. The Morgan fingerprint density at radius 3 is 3.00 bits per heavy atom. The number of H-pyrrole nitrogens is 1. The molecule has 0 radical (unpaired) electrons. The predicted molar refractivity (Wildman–Crippen MR) is 47.2 cm³/mol. The number of aromatic nitrogens is 3. The van der Waals surface area contributed by atoms with Gasteiger partial charge in [0, 0.05) is 12.5 Å². The molecule has 1 aromatic heterocycles. The van der Waals surface area contributed by atoms with Gasteiger partial charge in [-0.3, -0.25) is 0 Å². The van der Waals surface area contributed by atoms with E-state index in [1.807, 2.05) is 0 Å². The van der Waals surface area contributed by atoms with E-state index in [1.165, 1.54) is 12.8 Å². The number of aliphatic hydroxyl groups is 1. The molecule has 5 heteroatoms. The Bertz CT molecular complexity index is 281. The molecule has 0 spiro atoms. The molecule has 13 heavy (non-hydrogen) atoms. The van der Waals surface area contributed by atoms with Crippen LogP contribution in [0.25, 0.3) is 0 Å². The SMILES string of the molecule is CNCC(O)c1n[nH]nc1C1CC1. The monoisotopic (exact) mass is 182 g/mol. The molecule has 1 unspecified atom stereocenters. The predicted octanol–water partition coefficient (Wildman–Crippen LogP) is -0.0651. The Morgan fingerprint density at radius 1 is 1.62 bits per heavy atom. The molecule has 1 heterocycles. The average molecular weight is 182 g/mol. The molecular weight excluding hydrogens is 168 g/mol. The summed E-state index contributed by atoms with van der Waals surface area (Å²) in [6.07, 6.45) is 1.80. The van der Waals surface area contributed by atoms with Crippen molar-refractivity contribution in [1.82, 2.24) is 20.7 Å². The van der Waals surface area contributed by atoms with Gasteiger partial charge >= 0.3 is 0 Å². The molecule has 1 aliphatic carbocycles. The summed E-state index contributed by atoms with van der Waals surface area (Å²) in [6.45, 7) is 0.520. The highest BCUT2D eigenvalue weighted by molar-refractivity contribution is 5.21. The lowest BCUT2D eigenvalue weighted by Gasteiger charge is -2.07. The number of nitrogens with zero attached hydrogens (tertiary/aromatic N) is 2. The second-order valence-corrected chi connectivity index (χ2v) is 3.44. The maximum Gasteiger partial charge on any atom is 0.116 e. The average Bonchev–Trinajstić information content (AvgIpc) is 2.84. The van der Waals surface area contributed by atoms with Crippen LogP contribution >= 0.6 is 0 Å². The molecule has 0 amide bonds. The van der Waals surface area contributed by atoms with Crippen LogP contribution < -0.4 is 5.32 Å². The van der Waals surface area contributed by atoms with Crippen molar-refractivity contribution in [2.24, 2.45) is 0 Å². The zero-order valence-corrected chi connectivity index (χ0v) is 7.62. The summed E-state index contributed by atoms with van der Waals surface area (Å²) in [5.74, 6) is 0.528. The Balaban J connectivity index is 2.13. The van der Waals surface area contributed by atoms with E-state index in [1.54, 1.807) is 7.05 Å². The molecule has 0 bridgehead atoms. The molecule has 1 aliphatic rings. The molecule has 2 rings (SSSR count). The first kappa shape index (κ1) is 8.65. The molecule has 0 saturated heterocycles. The lowest BCUT2D eigenvalue weighted by molar-refractivity contribution is 0.172. The molecule has 72 valence electrons.